The Kier molecular flexibility index (Phi) is 4.98. The fraction of sp³-hybridized carbons (Fsp3) is 0.381. The summed E-state index contributed by atoms with van der Waals surface area (Å²) in [5.41, 5.74) is 3.47. The van der Waals surface area contributed by atoms with Crippen molar-refractivity contribution >= 4 is 12.0 Å². The van der Waals surface area contributed by atoms with Crippen LogP contribution in [0.3, 0.4) is 0 Å². The molecule has 0 heterocycles. The predicted molar refractivity (Wildman–Crippen MR) is 96.3 cm³/mol. The molecule has 0 radical (unpaired) electrons. The van der Waals surface area contributed by atoms with Crippen molar-refractivity contribution in [3.63, 3.8) is 0 Å². The van der Waals surface area contributed by atoms with Gasteiger partial charge in [-0.3, -0.25) is 0 Å². The Morgan fingerprint density at radius 1 is 1.38 bits per heavy atom. The third kappa shape index (κ3) is 3.50. The monoisotopic (exact) mass is 325 g/mol. The highest BCUT2D eigenvalue weighted by Crippen LogP contribution is 2.36. The van der Waals surface area contributed by atoms with Crippen molar-refractivity contribution < 1.29 is 9.18 Å². The maximum Gasteiger partial charge on any atom is 0.146 e. The van der Waals surface area contributed by atoms with E-state index in [-0.39, 0.29) is 23.6 Å². The van der Waals surface area contributed by atoms with Gasteiger partial charge in [0.25, 0.3) is 0 Å². The van der Waals surface area contributed by atoms with E-state index in [1.807, 2.05) is 12.1 Å². The third-order valence-electron chi connectivity index (χ3n) is 5.17. The molecule has 3 heteroatoms. The van der Waals surface area contributed by atoms with Gasteiger partial charge in [0, 0.05) is 23.5 Å². The topological polar surface area (TPSA) is 29.1 Å². The smallest absolute Gasteiger partial charge is 0.146 e. The molecular formula is C21H24FNO. The number of carbonyl (C=O) groups excluding carboxylic acids is 1. The molecule has 0 saturated heterocycles. The largest absolute Gasteiger partial charge is 0.357 e. The summed E-state index contributed by atoms with van der Waals surface area (Å²) in [5.74, 6) is 0.0797. The van der Waals surface area contributed by atoms with Crippen LogP contribution in [0.5, 0.6) is 0 Å². The second-order valence-corrected chi connectivity index (χ2v) is 6.94. The zero-order valence-corrected chi connectivity index (χ0v) is 14.1. The van der Waals surface area contributed by atoms with Crippen molar-refractivity contribution in [3.05, 3.63) is 65.7 Å². The van der Waals surface area contributed by atoms with Gasteiger partial charge in [0.2, 0.25) is 0 Å². The first kappa shape index (κ1) is 16.7. The Hall–Kier alpha value is -2.16. The van der Waals surface area contributed by atoms with Gasteiger partial charge >= 0.3 is 0 Å². The highest BCUT2D eigenvalue weighted by Gasteiger charge is 2.29. The zero-order chi connectivity index (χ0) is 17.1. The summed E-state index contributed by atoms with van der Waals surface area (Å²) >= 11 is 0. The summed E-state index contributed by atoms with van der Waals surface area (Å²) in [7, 11) is 0. The number of anilines is 1. The molecule has 0 bridgehead atoms. The molecule has 1 N–H and O–H groups in total. The van der Waals surface area contributed by atoms with Crippen LogP contribution in [0.25, 0.3) is 0 Å². The van der Waals surface area contributed by atoms with Gasteiger partial charge in [-0.2, -0.15) is 0 Å². The van der Waals surface area contributed by atoms with Crippen LogP contribution in [-0.4, -0.2) is 6.29 Å². The number of hydrogen-bond acceptors (Lipinski definition) is 2. The van der Waals surface area contributed by atoms with E-state index < -0.39 is 0 Å². The number of aldehydes is 1. The van der Waals surface area contributed by atoms with Gasteiger partial charge in [-0.15, -0.1) is 0 Å². The summed E-state index contributed by atoms with van der Waals surface area (Å²) in [5, 5.41) is 3.10. The van der Waals surface area contributed by atoms with E-state index in [1.54, 1.807) is 12.1 Å². The molecule has 2 aliphatic carbocycles. The average Bonchev–Trinajstić information content (AvgIpc) is 3.05. The molecule has 1 saturated carbocycles. The average molecular weight is 325 g/mol. The molecule has 1 aromatic carbocycles. The molecule has 24 heavy (non-hydrogen) atoms. The molecule has 3 rings (SSSR count). The van der Waals surface area contributed by atoms with Crippen LogP contribution in [0, 0.1) is 17.7 Å². The van der Waals surface area contributed by atoms with Crippen molar-refractivity contribution in [2.45, 2.75) is 38.5 Å². The maximum absolute atomic E-state index is 14.5. The highest BCUT2D eigenvalue weighted by atomic mass is 19.1. The van der Waals surface area contributed by atoms with Crippen molar-refractivity contribution in [1.29, 1.82) is 0 Å². The number of benzene rings is 1. The first-order valence-corrected chi connectivity index (χ1v) is 8.63. The summed E-state index contributed by atoms with van der Waals surface area (Å²) in [4.78, 5) is 11.1. The van der Waals surface area contributed by atoms with Crippen molar-refractivity contribution in [3.8, 4) is 0 Å². The minimum absolute atomic E-state index is 0.00877. The number of halogens is 1. The first-order chi connectivity index (χ1) is 11.6. The molecule has 2 aliphatic rings. The Morgan fingerprint density at radius 2 is 2.21 bits per heavy atom. The molecule has 1 aromatic rings. The van der Waals surface area contributed by atoms with Crippen LogP contribution in [0.15, 0.2) is 54.3 Å². The number of allylic oxidation sites excluding steroid dienone is 5. The van der Waals surface area contributed by atoms with Gasteiger partial charge in [0.15, 0.2) is 0 Å². The van der Waals surface area contributed by atoms with Gasteiger partial charge < -0.3 is 10.1 Å². The Morgan fingerprint density at radius 3 is 2.92 bits per heavy atom. The molecule has 1 fully saturated rings. The number of nitrogens with one attached hydrogen (secondary N) is 1. The molecule has 0 spiro atoms. The third-order valence-corrected chi connectivity index (χ3v) is 5.17. The van der Waals surface area contributed by atoms with E-state index in [9.17, 15) is 9.18 Å². The summed E-state index contributed by atoms with van der Waals surface area (Å²) in [6.45, 7) is 6.13. The van der Waals surface area contributed by atoms with E-state index in [1.165, 1.54) is 5.57 Å². The molecule has 0 amide bonds. The van der Waals surface area contributed by atoms with Gasteiger partial charge in [-0.05, 0) is 43.9 Å². The molecule has 0 aromatic heterocycles. The quantitative estimate of drug-likeness (QED) is 0.739. The molecule has 126 valence electrons. The fourth-order valence-corrected chi connectivity index (χ4v) is 3.78. The number of carbonyl (C=O) groups is 1. The van der Waals surface area contributed by atoms with E-state index in [0.717, 1.165) is 43.2 Å². The summed E-state index contributed by atoms with van der Waals surface area (Å²) in [6.07, 6.45) is 11.0. The molecule has 2 nitrogen and oxygen atoms in total. The Balaban J connectivity index is 1.71. The Bertz CT molecular complexity index is 704. The summed E-state index contributed by atoms with van der Waals surface area (Å²) < 4.78 is 14.5. The van der Waals surface area contributed by atoms with E-state index >= 15 is 0 Å². The van der Waals surface area contributed by atoms with Gasteiger partial charge in [-0.1, -0.05) is 42.9 Å². The summed E-state index contributed by atoms with van der Waals surface area (Å²) in [6, 6.07) is 5.36. The van der Waals surface area contributed by atoms with E-state index in [4.69, 9.17) is 0 Å². The molecular weight excluding hydrogens is 301 g/mol. The molecule has 3 atom stereocenters. The second-order valence-electron chi connectivity index (χ2n) is 6.94. The van der Waals surface area contributed by atoms with Crippen LogP contribution in [0.2, 0.25) is 0 Å². The van der Waals surface area contributed by atoms with Gasteiger partial charge in [-0.25, -0.2) is 4.39 Å². The fourth-order valence-electron chi connectivity index (χ4n) is 3.78. The van der Waals surface area contributed by atoms with Crippen LogP contribution in [-0.2, 0) is 4.79 Å². The standard InChI is InChI=1S/C21H24FNO/c1-14-5-3-6-16(11-14)17-9-10-21(20(22)12-17)23-15(2)19-8-4-7-18(19)13-24/h3,5-6,9-10,12-13,16,18-19,23H,2,4,7-8,11H2,1H3. The van der Waals surface area contributed by atoms with Crippen LogP contribution < -0.4 is 5.32 Å². The minimum atomic E-state index is -0.269. The maximum atomic E-state index is 14.5. The predicted octanol–water partition coefficient (Wildman–Crippen LogP) is 5.36. The van der Waals surface area contributed by atoms with Gasteiger partial charge in [0.05, 0.1) is 5.69 Å². The van der Waals surface area contributed by atoms with Crippen LogP contribution in [0.1, 0.15) is 44.1 Å². The highest BCUT2D eigenvalue weighted by molar-refractivity contribution is 5.58. The SMILES string of the molecule is C=C(Nc1ccc(C2C=CC=C(C)C2)cc1F)C1CCCC1C=O. The van der Waals surface area contributed by atoms with Crippen molar-refractivity contribution in [1.82, 2.24) is 0 Å². The van der Waals surface area contributed by atoms with Crippen LogP contribution in [0.4, 0.5) is 10.1 Å². The van der Waals surface area contributed by atoms with Crippen molar-refractivity contribution in [2.75, 3.05) is 5.32 Å². The number of hydrogen-bond donors (Lipinski definition) is 1. The van der Waals surface area contributed by atoms with Crippen molar-refractivity contribution in [2.24, 2.45) is 11.8 Å². The zero-order valence-electron chi connectivity index (χ0n) is 14.1. The van der Waals surface area contributed by atoms with Gasteiger partial charge in [0.1, 0.15) is 12.1 Å². The van der Waals surface area contributed by atoms with E-state index in [2.05, 4.69) is 31.0 Å². The minimum Gasteiger partial charge on any atom is -0.357 e. The Labute approximate surface area is 143 Å². The second kappa shape index (κ2) is 7.16. The van der Waals surface area contributed by atoms with Crippen LogP contribution >= 0.6 is 0 Å². The normalized spacial score (nSPS) is 26.1. The number of rotatable bonds is 5. The lowest BCUT2D eigenvalue weighted by Crippen LogP contribution is -2.17. The lowest BCUT2D eigenvalue weighted by molar-refractivity contribution is -0.111. The lowest BCUT2D eigenvalue weighted by atomic mass is 9.88. The lowest BCUT2D eigenvalue weighted by Gasteiger charge is -2.21. The molecule has 0 aliphatic heterocycles. The first-order valence-electron chi connectivity index (χ1n) is 8.63. The molecule has 3 unspecified atom stereocenters. The van der Waals surface area contributed by atoms with E-state index in [0.29, 0.717) is 5.69 Å².